The van der Waals surface area contributed by atoms with Crippen molar-refractivity contribution in [2.45, 2.75) is 33.4 Å². The maximum absolute atomic E-state index is 4.49. The summed E-state index contributed by atoms with van der Waals surface area (Å²) < 4.78 is 3.72. The molecule has 0 saturated carbocycles. The molecule has 1 N–H and O–H groups in total. The highest BCUT2D eigenvalue weighted by Crippen LogP contribution is 2.18. The standard InChI is InChI=1S/C15H20N6/c1-10-5-15-17-8-14(12(3)21(15)19-10)11(2)16-6-13-7-18-20(4)9-13/h5,7-9,11,16H,6H2,1-4H3. The average molecular weight is 284 g/mol. The Morgan fingerprint density at radius 2 is 2.10 bits per heavy atom. The lowest BCUT2D eigenvalue weighted by atomic mass is 10.1. The third-order valence-electron chi connectivity index (χ3n) is 3.72. The van der Waals surface area contributed by atoms with Crippen LogP contribution in [0.15, 0.2) is 24.7 Å². The maximum atomic E-state index is 4.49. The summed E-state index contributed by atoms with van der Waals surface area (Å²) >= 11 is 0. The van der Waals surface area contributed by atoms with Crippen molar-refractivity contribution in [1.82, 2.24) is 29.7 Å². The summed E-state index contributed by atoms with van der Waals surface area (Å²) in [6.07, 6.45) is 5.84. The average Bonchev–Trinajstić information content (AvgIpc) is 3.02. The fourth-order valence-corrected chi connectivity index (χ4v) is 2.55. The zero-order chi connectivity index (χ0) is 15.0. The van der Waals surface area contributed by atoms with Gasteiger partial charge in [0.25, 0.3) is 0 Å². The molecule has 6 heteroatoms. The zero-order valence-electron chi connectivity index (χ0n) is 12.8. The molecule has 0 radical (unpaired) electrons. The molecule has 0 saturated heterocycles. The molecule has 0 aromatic carbocycles. The van der Waals surface area contributed by atoms with E-state index in [9.17, 15) is 0 Å². The van der Waals surface area contributed by atoms with Gasteiger partial charge in [0.15, 0.2) is 5.65 Å². The van der Waals surface area contributed by atoms with Crippen LogP contribution in [0.1, 0.15) is 35.5 Å². The second-order valence-corrected chi connectivity index (χ2v) is 5.48. The molecule has 0 spiro atoms. The molecule has 21 heavy (non-hydrogen) atoms. The van der Waals surface area contributed by atoms with E-state index >= 15 is 0 Å². The van der Waals surface area contributed by atoms with E-state index in [1.54, 1.807) is 0 Å². The topological polar surface area (TPSA) is 60.0 Å². The number of hydrogen-bond acceptors (Lipinski definition) is 4. The first-order valence-electron chi connectivity index (χ1n) is 7.07. The molecule has 3 heterocycles. The number of hydrogen-bond donors (Lipinski definition) is 1. The highest BCUT2D eigenvalue weighted by molar-refractivity contribution is 5.42. The third kappa shape index (κ3) is 2.67. The molecule has 0 amide bonds. The maximum Gasteiger partial charge on any atom is 0.155 e. The van der Waals surface area contributed by atoms with Crippen LogP contribution in [0.3, 0.4) is 0 Å². The Balaban J connectivity index is 1.80. The molecule has 0 fully saturated rings. The van der Waals surface area contributed by atoms with Crippen molar-refractivity contribution < 1.29 is 0 Å². The van der Waals surface area contributed by atoms with E-state index in [1.165, 1.54) is 5.56 Å². The fraction of sp³-hybridized carbons (Fsp3) is 0.400. The quantitative estimate of drug-likeness (QED) is 0.795. The summed E-state index contributed by atoms with van der Waals surface area (Å²) in [6, 6.07) is 2.19. The van der Waals surface area contributed by atoms with Gasteiger partial charge in [0.1, 0.15) is 0 Å². The van der Waals surface area contributed by atoms with Crippen molar-refractivity contribution in [2.24, 2.45) is 7.05 Å². The van der Waals surface area contributed by atoms with E-state index in [2.05, 4.69) is 34.3 Å². The Morgan fingerprint density at radius 1 is 1.29 bits per heavy atom. The van der Waals surface area contributed by atoms with Gasteiger partial charge in [0.2, 0.25) is 0 Å². The van der Waals surface area contributed by atoms with Gasteiger partial charge in [-0.05, 0) is 20.8 Å². The molecule has 3 aromatic rings. The number of aryl methyl sites for hydroxylation is 3. The molecular formula is C15H20N6. The lowest BCUT2D eigenvalue weighted by Gasteiger charge is -2.16. The van der Waals surface area contributed by atoms with Gasteiger partial charge >= 0.3 is 0 Å². The van der Waals surface area contributed by atoms with Crippen LogP contribution >= 0.6 is 0 Å². The van der Waals surface area contributed by atoms with Crippen molar-refractivity contribution in [2.75, 3.05) is 0 Å². The minimum absolute atomic E-state index is 0.201. The van der Waals surface area contributed by atoms with Crippen LogP contribution in [0, 0.1) is 13.8 Å². The summed E-state index contributed by atoms with van der Waals surface area (Å²) in [5.74, 6) is 0. The number of aromatic nitrogens is 5. The Labute approximate surface area is 123 Å². The Bertz CT molecular complexity index is 770. The highest BCUT2D eigenvalue weighted by atomic mass is 15.3. The summed E-state index contributed by atoms with van der Waals surface area (Å²) in [5, 5.41) is 12.2. The fourth-order valence-electron chi connectivity index (χ4n) is 2.55. The molecule has 110 valence electrons. The number of rotatable bonds is 4. The van der Waals surface area contributed by atoms with Gasteiger partial charge in [-0.25, -0.2) is 9.50 Å². The molecule has 0 bridgehead atoms. The van der Waals surface area contributed by atoms with E-state index in [1.807, 2.05) is 47.8 Å². The van der Waals surface area contributed by atoms with Crippen molar-refractivity contribution in [3.8, 4) is 0 Å². The van der Waals surface area contributed by atoms with Gasteiger partial charge in [-0.3, -0.25) is 4.68 Å². The second kappa shape index (κ2) is 5.29. The lowest BCUT2D eigenvalue weighted by molar-refractivity contribution is 0.564. The lowest BCUT2D eigenvalue weighted by Crippen LogP contribution is -2.20. The van der Waals surface area contributed by atoms with E-state index < -0.39 is 0 Å². The molecule has 0 aliphatic carbocycles. The smallest absolute Gasteiger partial charge is 0.155 e. The van der Waals surface area contributed by atoms with E-state index in [-0.39, 0.29) is 6.04 Å². The van der Waals surface area contributed by atoms with Crippen molar-refractivity contribution in [3.05, 3.63) is 47.2 Å². The molecule has 1 atom stereocenters. The molecule has 1 unspecified atom stereocenters. The SMILES string of the molecule is Cc1cc2ncc(C(C)NCc3cnn(C)c3)c(C)n2n1. The predicted molar refractivity (Wildman–Crippen MR) is 80.9 cm³/mol. The van der Waals surface area contributed by atoms with Crippen LogP contribution in [0.4, 0.5) is 0 Å². The second-order valence-electron chi connectivity index (χ2n) is 5.48. The van der Waals surface area contributed by atoms with Crippen LogP contribution in [-0.2, 0) is 13.6 Å². The van der Waals surface area contributed by atoms with E-state index in [0.29, 0.717) is 0 Å². The first-order chi connectivity index (χ1) is 10.0. The highest BCUT2D eigenvalue weighted by Gasteiger charge is 2.13. The minimum Gasteiger partial charge on any atom is -0.306 e. The van der Waals surface area contributed by atoms with Gasteiger partial charge in [0, 0.05) is 54.9 Å². The van der Waals surface area contributed by atoms with Gasteiger partial charge in [-0.1, -0.05) is 0 Å². The summed E-state index contributed by atoms with van der Waals surface area (Å²) in [4.78, 5) is 4.49. The predicted octanol–water partition coefficient (Wildman–Crippen LogP) is 1.93. The monoisotopic (exact) mass is 284 g/mol. The van der Waals surface area contributed by atoms with Gasteiger partial charge in [-0.15, -0.1) is 0 Å². The first kappa shape index (κ1) is 13.8. The van der Waals surface area contributed by atoms with Gasteiger partial charge < -0.3 is 5.32 Å². The Kier molecular flexibility index (Phi) is 3.47. The molecule has 3 aromatic heterocycles. The van der Waals surface area contributed by atoms with Crippen LogP contribution < -0.4 is 5.32 Å². The van der Waals surface area contributed by atoms with Crippen LogP contribution in [-0.4, -0.2) is 24.4 Å². The minimum atomic E-state index is 0.201. The number of nitrogens with zero attached hydrogens (tertiary/aromatic N) is 5. The largest absolute Gasteiger partial charge is 0.306 e. The first-order valence-corrected chi connectivity index (χ1v) is 7.07. The van der Waals surface area contributed by atoms with Crippen molar-refractivity contribution in [1.29, 1.82) is 0 Å². The van der Waals surface area contributed by atoms with Gasteiger partial charge in [0.05, 0.1) is 11.9 Å². The molecule has 0 aliphatic rings. The van der Waals surface area contributed by atoms with Gasteiger partial charge in [-0.2, -0.15) is 10.2 Å². The zero-order valence-corrected chi connectivity index (χ0v) is 12.8. The molecular weight excluding hydrogens is 264 g/mol. The molecule has 0 aliphatic heterocycles. The number of fused-ring (bicyclic) bond motifs is 1. The summed E-state index contributed by atoms with van der Waals surface area (Å²) in [7, 11) is 1.93. The van der Waals surface area contributed by atoms with Crippen molar-refractivity contribution in [3.63, 3.8) is 0 Å². The van der Waals surface area contributed by atoms with Crippen LogP contribution in [0.2, 0.25) is 0 Å². The van der Waals surface area contributed by atoms with Crippen LogP contribution in [0.25, 0.3) is 5.65 Å². The summed E-state index contributed by atoms with van der Waals surface area (Å²) in [5.41, 5.74) is 5.34. The normalized spacial score (nSPS) is 13.0. The molecule has 3 rings (SSSR count). The van der Waals surface area contributed by atoms with Crippen LogP contribution in [0.5, 0.6) is 0 Å². The summed E-state index contributed by atoms with van der Waals surface area (Å²) in [6.45, 7) is 6.99. The van der Waals surface area contributed by atoms with Crippen molar-refractivity contribution >= 4 is 5.65 Å². The third-order valence-corrected chi connectivity index (χ3v) is 3.72. The Hall–Kier alpha value is -2.21. The van der Waals surface area contributed by atoms with E-state index in [4.69, 9.17) is 0 Å². The number of nitrogens with one attached hydrogen (secondary N) is 1. The van der Waals surface area contributed by atoms with E-state index in [0.717, 1.165) is 29.1 Å². The molecule has 6 nitrogen and oxygen atoms in total. The Morgan fingerprint density at radius 3 is 2.81 bits per heavy atom.